The molecule has 0 atom stereocenters. The standard InChI is InChI=1S/C13H14N2O2/c1-9-5-6-12(17-9)13(16)15-11-4-2-3-10(7-11)8-14/h2-7H,8,14H2,1H3,(H,15,16). The fraction of sp³-hybridized carbons (Fsp3) is 0.154. The van der Waals surface area contributed by atoms with Gasteiger partial charge in [0.25, 0.3) is 5.91 Å². The highest BCUT2D eigenvalue weighted by molar-refractivity contribution is 6.02. The number of carbonyl (C=O) groups excluding carboxylic acids is 1. The number of carbonyl (C=O) groups is 1. The molecule has 1 amide bonds. The van der Waals surface area contributed by atoms with Crippen LogP contribution in [0.4, 0.5) is 5.69 Å². The Kier molecular flexibility index (Phi) is 3.25. The van der Waals surface area contributed by atoms with Gasteiger partial charge < -0.3 is 15.5 Å². The Morgan fingerprint density at radius 1 is 1.35 bits per heavy atom. The van der Waals surface area contributed by atoms with Crippen molar-refractivity contribution in [2.24, 2.45) is 5.73 Å². The molecular weight excluding hydrogens is 216 g/mol. The zero-order valence-electron chi connectivity index (χ0n) is 9.57. The van der Waals surface area contributed by atoms with E-state index in [1.54, 1.807) is 19.1 Å². The zero-order chi connectivity index (χ0) is 12.3. The molecule has 0 saturated carbocycles. The summed E-state index contributed by atoms with van der Waals surface area (Å²) >= 11 is 0. The number of amides is 1. The SMILES string of the molecule is Cc1ccc(C(=O)Nc2cccc(CN)c2)o1. The molecule has 2 aromatic rings. The number of nitrogens with two attached hydrogens (primary N) is 1. The van der Waals surface area contributed by atoms with Gasteiger partial charge in [0.05, 0.1) is 0 Å². The molecule has 17 heavy (non-hydrogen) atoms. The van der Waals surface area contributed by atoms with Crippen molar-refractivity contribution in [3.8, 4) is 0 Å². The first-order valence-corrected chi connectivity index (χ1v) is 5.36. The van der Waals surface area contributed by atoms with Crippen molar-refractivity contribution >= 4 is 11.6 Å². The van der Waals surface area contributed by atoms with E-state index >= 15 is 0 Å². The average Bonchev–Trinajstić information content (AvgIpc) is 2.76. The second kappa shape index (κ2) is 4.84. The Hall–Kier alpha value is -2.07. The first-order valence-electron chi connectivity index (χ1n) is 5.36. The lowest BCUT2D eigenvalue weighted by Crippen LogP contribution is -2.11. The van der Waals surface area contributed by atoms with Crippen LogP contribution in [0.3, 0.4) is 0 Å². The van der Waals surface area contributed by atoms with Crippen LogP contribution in [0.1, 0.15) is 21.9 Å². The minimum Gasteiger partial charge on any atom is -0.456 e. The van der Waals surface area contributed by atoms with E-state index in [0.717, 1.165) is 5.56 Å². The molecule has 0 aliphatic carbocycles. The lowest BCUT2D eigenvalue weighted by Gasteiger charge is -2.04. The number of anilines is 1. The Bertz CT molecular complexity index is 532. The molecule has 0 bridgehead atoms. The van der Waals surface area contributed by atoms with E-state index < -0.39 is 0 Å². The maximum absolute atomic E-state index is 11.8. The molecule has 0 aliphatic rings. The van der Waals surface area contributed by atoms with E-state index in [9.17, 15) is 4.79 Å². The third-order valence-corrected chi connectivity index (χ3v) is 2.38. The minimum absolute atomic E-state index is 0.257. The second-order valence-electron chi connectivity index (χ2n) is 3.77. The monoisotopic (exact) mass is 230 g/mol. The van der Waals surface area contributed by atoms with Gasteiger partial charge in [-0.25, -0.2) is 0 Å². The molecule has 0 aliphatic heterocycles. The highest BCUT2D eigenvalue weighted by Crippen LogP contribution is 2.13. The number of furan rings is 1. The normalized spacial score (nSPS) is 10.2. The van der Waals surface area contributed by atoms with Crippen molar-refractivity contribution in [2.75, 3.05) is 5.32 Å². The molecule has 88 valence electrons. The maximum atomic E-state index is 11.8. The summed E-state index contributed by atoms with van der Waals surface area (Å²) in [5.41, 5.74) is 7.22. The van der Waals surface area contributed by atoms with Crippen LogP contribution in [0.5, 0.6) is 0 Å². The summed E-state index contributed by atoms with van der Waals surface area (Å²) in [5.74, 6) is 0.763. The molecule has 4 heteroatoms. The van der Waals surface area contributed by atoms with Crippen molar-refractivity contribution in [3.63, 3.8) is 0 Å². The third-order valence-electron chi connectivity index (χ3n) is 2.38. The van der Waals surface area contributed by atoms with Crippen LogP contribution in [0.2, 0.25) is 0 Å². The molecule has 1 heterocycles. The molecule has 0 radical (unpaired) electrons. The topological polar surface area (TPSA) is 68.3 Å². The van der Waals surface area contributed by atoms with Crippen molar-refractivity contribution in [1.29, 1.82) is 0 Å². The molecule has 2 rings (SSSR count). The highest BCUT2D eigenvalue weighted by atomic mass is 16.3. The van der Waals surface area contributed by atoms with Gasteiger partial charge in [-0.2, -0.15) is 0 Å². The Morgan fingerprint density at radius 2 is 2.18 bits per heavy atom. The Labute approximate surface area is 99.4 Å². The van der Waals surface area contributed by atoms with Crippen LogP contribution in [-0.4, -0.2) is 5.91 Å². The number of hydrogen-bond donors (Lipinski definition) is 2. The van der Waals surface area contributed by atoms with Gasteiger partial charge in [0, 0.05) is 12.2 Å². The van der Waals surface area contributed by atoms with Gasteiger partial charge in [-0.1, -0.05) is 12.1 Å². The fourth-order valence-corrected chi connectivity index (χ4v) is 1.53. The second-order valence-corrected chi connectivity index (χ2v) is 3.77. The largest absolute Gasteiger partial charge is 0.456 e. The van der Waals surface area contributed by atoms with E-state index in [4.69, 9.17) is 10.2 Å². The summed E-state index contributed by atoms with van der Waals surface area (Å²) in [6, 6.07) is 10.8. The van der Waals surface area contributed by atoms with E-state index in [2.05, 4.69) is 5.32 Å². The van der Waals surface area contributed by atoms with Gasteiger partial charge in [0.15, 0.2) is 5.76 Å². The summed E-state index contributed by atoms with van der Waals surface area (Å²) in [5, 5.41) is 2.76. The molecular formula is C13H14N2O2. The van der Waals surface area contributed by atoms with Gasteiger partial charge in [-0.3, -0.25) is 4.79 Å². The average molecular weight is 230 g/mol. The van der Waals surface area contributed by atoms with Crippen molar-refractivity contribution in [1.82, 2.24) is 0 Å². The van der Waals surface area contributed by atoms with Crippen LogP contribution < -0.4 is 11.1 Å². The smallest absolute Gasteiger partial charge is 0.291 e. The number of rotatable bonds is 3. The lowest BCUT2D eigenvalue weighted by molar-refractivity contribution is 0.0995. The van der Waals surface area contributed by atoms with Crippen LogP contribution in [0, 0.1) is 6.92 Å². The molecule has 4 nitrogen and oxygen atoms in total. The minimum atomic E-state index is -0.257. The van der Waals surface area contributed by atoms with E-state index in [0.29, 0.717) is 23.8 Å². The first kappa shape index (κ1) is 11.4. The van der Waals surface area contributed by atoms with Gasteiger partial charge in [-0.05, 0) is 36.8 Å². The van der Waals surface area contributed by atoms with Crippen LogP contribution >= 0.6 is 0 Å². The molecule has 1 aromatic heterocycles. The van der Waals surface area contributed by atoms with Crippen molar-refractivity contribution < 1.29 is 9.21 Å². The Morgan fingerprint density at radius 3 is 2.82 bits per heavy atom. The molecule has 0 unspecified atom stereocenters. The van der Waals surface area contributed by atoms with Crippen molar-refractivity contribution in [3.05, 3.63) is 53.5 Å². The summed E-state index contributed by atoms with van der Waals surface area (Å²) in [6.07, 6.45) is 0. The van der Waals surface area contributed by atoms with E-state index in [1.165, 1.54) is 0 Å². The quantitative estimate of drug-likeness (QED) is 0.850. The van der Waals surface area contributed by atoms with Crippen LogP contribution in [-0.2, 0) is 6.54 Å². The number of nitrogens with one attached hydrogen (secondary N) is 1. The van der Waals surface area contributed by atoms with Gasteiger partial charge in [0.1, 0.15) is 5.76 Å². The zero-order valence-corrected chi connectivity index (χ0v) is 9.57. The third kappa shape index (κ3) is 2.73. The van der Waals surface area contributed by atoms with Gasteiger partial charge >= 0.3 is 0 Å². The predicted molar refractivity (Wildman–Crippen MR) is 65.7 cm³/mol. The molecule has 3 N–H and O–H groups in total. The summed E-state index contributed by atoms with van der Waals surface area (Å²) in [7, 11) is 0. The fourth-order valence-electron chi connectivity index (χ4n) is 1.53. The summed E-state index contributed by atoms with van der Waals surface area (Å²) in [4.78, 5) is 11.8. The highest BCUT2D eigenvalue weighted by Gasteiger charge is 2.09. The van der Waals surface area contributed by atoms with Gasteiger partial charge in [0.2, 0.25) is 0 Å². The molecule has 0 spiro atoms. The Balaban J connectivity index is 2.12. The molecule has 0 fully saturated rings. The van der Waals surface area contributed by atoms with Crippen LogP contribution in [0.25, 0.3) is 0 Å². The van der Waals surface area contributed by atoms with Crippen molar-refractivity contribution in [2.45, 2.75) is 13.5 Å². The number of aryl methyl sites for hydroxylation is 1. The number of benzene rings is 1. The molecule has 0 saturated heterocycles. The van der Waals surface area contributed by atoms with E-state index in [1.807, 2.05) is 24.3 Å². The van der Waals surface area contributed by atoms with Gasteiger partial charge in [-0.15, -0.1) is 0 Å². The summed E-state index contributed by atoms with van der Waals surface area (Å²) < 4.78 is 5.24. The number of hydrogen-bond acceptors (Lipinski definition) is 3. The molecule has 1 aromatic carbocycles. The first-order chi connectivity index (χ1) is 8.19. The predicted octanol–water partition coefficient (Wildman–Crippen LogP) is 2.30. The van der Waals surface area contributed by atoms with Crippen LogP contribution in [0.15, 0.2) is 40.8 Å². The maximum Gasteiger partial charge on any atom is 0.291 e. The van der Waals surface area contributed by atoms with E-state index in [-0.39, 0.29) is 5.91 Å². The lowest BCUT2D eigenvalue weighted by atomic mass is 10.2. The summed E-state index contributed by atoms with van der Waals surface area (Å²) in [6.45, 7) is 2.25.